The van der Waals surface area contributed by atoms with Crippen LogP contribution in [-0.4, -0.2) is 16.3 Å². The van der Waals surface area contributed by atoms with E-state index in [0.29, 0.717) is 0 Å². The van der Waals surface area contributed by atoms with Crippen molar-refractivity contribution in [3.8, 4) is 16.9 Å². The first kappa shape index (κ1) is 22.3. The maximum atomic E-state index is 6.04. The van der Waals surface area contributed by atoms with E-state index in [1.165, 1.54) is 45.0 Å². The van der Waals surface area contributed by atoms with Crippen LogP contribution in [0, 0.1) is 13.8 Å². The molecule has 5 rings (SSSR count). The topological polar surface area (TPSA) is 47.1 Å². The highest BCUT2D eigenvalue weighted by molar-refractivity contribution is 5.71. The highest BCUT2D eigenvalue weighted by atomic mass is 15.3. The number of anilines is 2. The second-order valence-corrected chi connectivity index (χ2v) is 10.5. The van der Waals surface area contributed by atoms with Crippen molar-refractivity contribution in [1.82, 2.24) is 9.78 Å². The fourth-order valence-corrected chi connectivity index (χ4v) is 5.20. The van der Waals surface area contributed by atoms with E-state index in [1.807, 2.05) is 12.1 Å². The molecule has 1 aliphatic heterocycles. The second kappa shape index (κ2) is 8.35. The summed E-state index contributed by atoms with van der Waals surface area (Å²) in [6.07, 6.45) is 0.924. The summed E-state index contributed by atoms with van der Waals surface area (Å²) in [4.78, 5) is 2.53. The van der Waals surface area contributed by atoms with Gasteiger partial charge in [0.1, 0.15) is 0 Å². The maximum Gasteiger partial charge on any atom is 0.0794 e. The summed E-state index contributed by atoms with van der Waals surface area (Å²) in [5.74, 6) is 0. The first-order valence-corrected chi connectivity index (χ1v) is 12.1. The molecule has 0 unspecified atom stereocenters. The molecule has 0 amide bonds. The van der Waals surface area contributed by atoms with Gasteiger partial charge in [0.15, 0.2) is 0 Å². The van der Waals surface area contributed by atoms with E-state index in [0.717, 1.165) is 30.8 Å². The number of nitrogens with zero attached hydrogens (tertiary/aromatic N) is 3. The maximum absolute atomic E-state index is 6.04. The zero-order chi connectivity index (χ0) is 24.0. The van der Waals surface area contributed by atoms with Crippen LogP contribution in [-0.2, 0) is 18.4 Å². The Hall–Kier alpha value is -3.53. The van der Waals surface area contributed by atoms with Crippen LogP contribution in [0.25, 0.3) is 16.9 Å². The van der Waals surface area contributed by atoms with Crippen molar-refractivity contribution in [1.29, 1.82) is 0 Å². The Labute approximate surface area is 203 Å². The van der Waals surface area contributed by atoms with Crippen LogP contribution in [0.2, 0.25) is 0 Å². The molecular formula is C30H34N4. The number of hydrogen-bond donors (Lipinski definition) is 1. The number of nitrogen functional groups attached to an aromatic ring is 1. The Morgan fingerprint density at radius 3 is 2.21 bits per heavy atom. The van der Waals surface area contributed by atoms with Crippen LogP contribution < -0.4 is 10.6 Å². The highest BCUT2D eigenvalue weighted by Gasteiger charge is 2.29. The van der Waals surface area contributed by atoms with E-state index < -0.39 is 0 Å². The Balaban J connectivity index is 1.68. The molecule has 34 heavy (non-hydrogen) atoms. The Morgan fingerprint density at radius 1 is 0.853 bits per heavy atom. The molecule has 2 N–H and O–H groups in total. The van der Waals surface area contributed by atoms with Crippen LogP contribution in [0.15, 0.2) is 66.7 Å². The third kappa shape index (κ3) is 3.87. The van der Waals surface area contributed by atoms with Crippen LogP contribution in [0.1, 0.15) is 48.7 Å². The van der Waals surface area contributed by atoms with Gasteiger partial charge >= 0.3 is 0 Å². The van der Waals surface area contributed by atoms with Gasteiger partial charge in [-0.2, -0.15) is 5.10 Å². The van der Waals surface area contributed by atoms with Crippen LogP contribution >= 0.6 is 0 Å². The number of rotatable bonds is 3. The summed E-state index contributed by atoms with van der Waals surface area (Å²) >= 11 is 0. The van der Waals surface area contributed by atoms with E-state index in [1.54, 1.807) is 0 Å². The normalized spacial score (nSPS) is 13.7. The van der Waals surface area contributed by atoms with Crippen molar-refractivity contribution in [3.05, 3.63) is 94.7 Å². The predicted molar refractivity (Wildman–Crippen MR) is 143 cm³/mol. The number of fused-ring (bicyclic) bond motifs is 1. The van der Waals surface area contributed by atoms with Crippen molar-refractivity contribution in [2.24, 2.45) is 0 Å². The van der Waals surface area contributed by atoms with Gasteiger partial charge in [-0.3, -0.25) is 0 Å². The van der Waals surface area contributed by atoms with Crippen molar-refractivity contribution < 1.29 is 0 Å². The Kier molecular flexibility index (Phi) is 5.47. The van der Waals surface area contributed by atoms with Gasteiger partial charge in [0.05, 0.1) is 17.1 Å². The SMILES string of the molecule is Cc1cccc(C)c1-n1nc2c(c1-c1ccc(N)cc1)CN(c1ccccc1C(C)(C)C)CC2. The number of hydrogen-bond acceptors (Lipinski definition) is 3. The van der Waals surface area contributed by atoms with Crippen molar-refractivity contribution >= 4 is 11.4 Å². The molecule has 0 saturated carbocycles. The first-order chi connectivity index (χ1) is 16.2. The molecule has 174 valence electrons. The molecule has 0 fully saturated rings. The molecule has 1 aliphatic rings. The lowest BCUT2D eigenvalue weighted by molar-refractivity contribution is 0.584. The zero-order valence-electron chi connectivity index (χ0n) is 20.9. The lowest BCUT2D eigenvalue weighted by Gasteiger charge is -2.34. The molecule has 1 aromatic heterocycles. The van der Waals surface area contributed by atoms with Gasteiger partial charge in [0.25, 0.3) is 0 Å². The van der Waals surface area contributed by atoms with Crippen LogP contribution in [0.5, 0.6) is 0 Å². The van der Waals surface area contributed by atoms with Gasteiger partial charge in [-0.05, 0) is 54.2 Å². The molecule has 0 aliphatic carbocycles. The molecular weight excluding hydrogens is 416 g/mol. The lowest BCUT2D eigenvalue weighted by Crippen LogP contribution is -2.32. The summed E-state index contributed by atoms with van der Waals surface area (Å²) in [5.41, 5.74) is 18.1. The number of nitrogens with two attached hydrogens (primary N) is 1. The third-order valence-corrected chi connectivity index (χ3v) is 6.92. The average molecular weight is 451 g/mol. The number of aryl methyl sites for hydroxylation is 2. The second-order valence-electron chi connectivity index (χ2n) is 10.5. The molecule has 0 spiro atoms. The molecule has 3 aromatic carbocycles. The van der Waals surface area contributed by atoms with Gasteiger partial charge < -0.3 is 10.6 Å². The van der Waals surface area contributed by atoms with Crippen LogP contribution in [0.3, 0.4) is 0 Å². The average Bonchev–Trinajstić information content (AvgIpc) is 3.17. The smallest absolute Gasteiger partial charge is 0.0794 e. The van der Waals surface area contributed by atoms with Crippen LogP contribution in [0.4, 0.5) is 11.4 Å². The number of aromatic nitrogens is 2. The first-order valence-electron chi connectivity index (χ1n) is 12.1. The van der Waals surface area contributed by atoms with E-state index >= 15 is 0 Å². The summed E-state index contributed by atoms with van der Waals surface area (Å²) in [6.45, 7) is 13.0. The van der Waals surface area contributed by atoms with Gasteiger partial charge in [-0.15, -0.1) is 0 Å². The fraction of sp³-hybridized carbons (Fsp3) is 0.300. The van der Waals surface area contributed by atoms with Gasteiger partial charge in [0.2, 0.25) is 0 Å². The van der Waals surface area contributed by atoms with E-state index in [4.69, 9.17) is 10.8 Å². The minimum atomic E-state index is 0.0824. The predicted octanol–water partition coefficient (Wildman–Crippen LogP) is 6.60. The third-order valence-electron chi connectivity index (χ3n) is 6.92. The van der Waals surface area contributed by atoms with E-state index in [-0.39, 0.29) is 5.41 Å². The number of benzene rings is 3. The molecule has 0 saturated heterocycles. The van der Waals surface area contributed by atoms with Crippen molar-refractivity contribution in [3.63, 3.8) is 0 Å². The summed E-state index contributed by atoms with van der Waals surface area (Å²) in [6, 6.07) is 23.5. The van der Waals surface area contributed by atoms with Gasteiger partial charge in [-0.25, -0.2) is 4.68 Å². The largest absolute Gasteiger partial charge is 0.399 e. The summed E-state index contributed by atoms with van der Waals surface area (Å²) in [5, 5.41) is 5.20. The van der Waals surface area contributed by atoms with Crippen molar-refractivity contribution in [2.75, 3.05) is 17.2 Å². The highest BCUT2D eigenvalue weighted by Crippen LogP contribution is 2.38. The molecule has 4 aromatic rings. The van der Waals surface area contributed by atoms with Gasteiger partial charge in [0, 0.05) is 42.0 Å². The molecule has 4 nitrogen and oxygen atoms in total. The standard InChI is InChI=1S/C30H34N4/c1-20-9-8-10-21(2)28(20)34-29(22-13-15-23(31)16-14-22)24-19-33(18-17-26(24)32-34)27-12-7-6-11-25(27)30(3,4)5/h6-16H,17-19,31H2,1-5H3. The Morgan fingerprint density at radius 2 is 1.53 bits per heavy atom. The molecule has 2 heterocycles. The Bertz CT molecular complexity index is 1320. The lowest BCUT2D eigenvalue weighted by atomic mass is 9.85. The van der Waals surface area contributed by atoms with Crippen molar-refractivity contribution in [2.45, 2.75) is 53.0 Å². The minimum absolute atomic E-state index is 0.0824. The molecule has 4 heteroatoms. The minimum Gasteiger partial charge on any atom is -0.399 e. The molecule has 0 radical (unpaired) electrons. The summed E-state index contributed by atoms with van der Waals surface area (Å²) in [7, 11) is 0. The molecule has 0 bridgehead atoms. The van der Waals surface area contributed by atoms with E-state index in [2.05, 4.69) is 98.8 Å². The van der Waals surface area contributed by atoms with Gasteiger partial charge in [-0.1, -0.05) is 69.3 Å². The van der Waals surface area contributed by atoms with E-state index in [9.17, 15) is 0 Å². The quantitative estimate of drug-likeness (QED) is 0.358. The summed E-state index contributed by atoms with van der Waals surface area (Å²) < 4.78 is 2.18. The zero-order valence-corrected chi connectivity index (χ0v) is 20.9. The fourth-order valence-electron chi connectivity index (χ4n) is 5.20. The molecule has 0 atom stereocenters. The number of para-hydroxylation sites is 2. The monoisotopic (exact) mass is 450 g/mol.